The van der Waals surface area contributed by atoms with E-state index < -0.39 is 0 Å². The van der Waals surface area contributed by atoms with Crippen LogP contribution in [-0.2, 0) is 11.3 Å². The first-order chi connectivity index (χ1) is 12.4. The van der Waals surface area contributed by atoms with E-state index in [1.54, 1.807) is 11.3 Å². The van der Waals surface area contributed by atoms with Gasteiger partial charge >= 0.3 is 0 Å². The molecule has 0 aliphatic carbocycles. The van der Waals surface area contributed by atoms with Crippen molar-refractivity contribution >= 4 is 28.1 Å². The Labute approximate surface area is 150 Å². The average molecular weight is 352 g/mol. The fourth-order valence-electron chi connectivity index (χ4n) is 3.56. The molecule has 1 fully saturated rings. The van der Waals surface area contributed by atoms with Crippen molar-refractivity contribution in [2.24, 2.45) is 0 Å². The van der Waals surface area contributed by atoms with Crippen LogP contribution in [0.5, 0.6) is 0 Å². The van der Waals surface area contributed by atoms with Crippen LogP contribution in [0.25, 0.3) is 27.4 Å². The van der Waals surface area contributed by atoms with Crippen molar-refractivity contribution in [3.8, 4) is 10.6 Å². The third-order valence-electron chi connectivity index (χ3n) is 4.88. The zero-order valence-electron chi connectivity index (χ0n) is 14.0. The van der Waals surface area contributed by atoms with Crippen LogP contribution in [0.1, 0.15) is 0 Å². The van der Waals surface area contributed by atoms with E-state index in [9.17, 15) is 0 Å². The molecule has 0 unspecified atom stereocenters. The number of thiophene rings is 1. The normalized spacial score (nSPS) is 16.2. The Morgan fingerprint density at radius 2 is 1.92 bits per heavy atom. The van der Waals surface area contributed by atoms with Crippen LogP contribution in [-0.4, -0.2) is 51.7 Å². The Balaban J connectivity index is 1.58. The lowest BCUT2D eigenvalue weighted by Gasteiger charge is -2.26. The molecule has 0 bridgehead atoms. The quantitative estimate of drug-likeness (QED) is 0.565. The summed E-state index contributed by atoms with van der Waals surface area (Å²) in [6, 6.07) is 12.6. The highest BCUT2D eigenvalue weighted by atomic mass is 32.1. The summed E-state index contributed by atoms with van der Waals surface area (Å²) in [6.07, 6.45) is 2.23. The molecule has 0 amide bonds. The first-order valence-electron chi connectivity index (χ1n) is 8.70. The molecule has 5 rings (SSSR count). The molecule has 5 nitrogen and oxygen atoms in total. The van der Waals surface area contributed by atoms with E-state index in [1.165, 1.54) is 16.1 Å². The second-order valence-corrected chi connectivity index (χ2v) is 7.32. The number of aromatic nitrogens is 3. The molecule has 1 aromatic carbocycles. The Morgan fingerprint density at radius 1 is 1.04 bits per heavy atom. The van der Waals surface area contributed by atoms with E-state index in [0.717, 1.165) is 50.7 Å². The summed E-state index contributed by atoms with van der Waals surface area (Å²) in [4.78, 5) is 8.66. The topological polar surface area (TPSA) is 34.7 Å². The monoisotopic (exact) mass is 352 g/mol. The zero-order chi connectivity index (χ0) is 16.6. The molecule has 1 saturated heterocycles. The summed E-state index contributed by atoms with van der Waals surface area (Å²) in [5, 5.41) is 2.13. The molecule has 1 aliphatic heterocycles. The standard InChI is InChI=1S/C19H20N4OS/c1-2-5-16-15(4-1)20-19-22(8-7-21-9-11-24-12-10-21)17(14-23(16)19)18-6-3-13-25-18/h1-6,13-14H,7-12H2. The van der Waals surface area contributed by atoms with Crippen molar-refractivity contribution in [2.45, 2.75) is 6.54 Å². The number of hydrogen-bond donors (Lipinski definition) is 0. The van der Waals surface area contributed by atoms with Gasteiger partial charge in [-0.05, 0) is 23.6 Å². The molecule has 0 N–H and O–H groups in total. The number of benzene rings is 1. The predicted octanol–water partition coefficient (Wildman–Crippen LogP) is 3.35. The van der Waals surface area contributed by atoms with Crippen LogP contribution in [0, 0.1) is 0 Å². The highest BCUT2D eigenvalue weighted by Crippen LogP contribution is 2.29. The largest absolute Gasteiger partial charge is 0.379 e. The number of hydrogen-bond acceptors (Lipinski definition) is 4. The van der Waals surface area contributed by atoms with E-state index in [-0.39, 0.29) is 0 Å². The number of fused-ring (bicyclic) bond motifs is 3. The molecule has 4 aromatic rings. The molecule has 0 radical (unpaired) electrons. The lowest BCUT2D eigenvalue weighted by molar-refractivity contribution is 0.0365. The van der Waals surface area contributed by atoms with Crippen LogP contribution in [0.4, 0.5) is 0 Å². The van der Waals surface area contributed by atoms with Crippen LogP contribution in [0.2, 0.25) is 0 Å². The fraction of sp³-hybridized carbons (Fsp3) is 0.316. The summed E-state index contributed by atoms with van der Waals surface area (Å²) < 4.78 is 10.1. The Morgan fingerprint density at radius 3 is 2.76 bits per heavy atom. The highest BCUT2D eigenvalue weighted by Gasteiger charge is 2.17. The molecular weight excluding hydrogens is 332 g/mol. The molecule has 3 aromatic heterocycles. The summed E-state index contributed by atoms with van der Waals surface area (Å²) in [7, 11) is 0. The van der Waals surface area contributed by atoms with Crippen molar-refractivity contribution in [3.63, 3.8) is 0 Å². The molecule has 0 atom stereocenters. The average Bonchev–Trinajstić information content (AvgIpc) is 3.36. The summed E-state index contributed by atoms with van der Waals surface area (Å²) in [6.45, 7) is 5.67. The molecular formula is C19H20N4OS. The minimum atomic E-state index is 0.839. The fourth-order valence-corrected chi connectivity index (χ4v) is 4.30. The van der Waals surface area contributed by atoms with Gasteiger partial charge in [0.1, 0.15) is 0 Å². The van der Waals surface area contributed by atoms with Crippen molar-refractivity contribution in [3.05, 3.63) is 48.0 Å². The molecule has 0 saturated carbocycles. The molecule has 4 heterocycles. The summed E-state index contributed by atoms with van der Waals surface area (Å²) in [5.74, 6) is 1.03. The van der Waals surface area contributed by atoms with Crippen molar-refractivity contribution in [2.75, 3.05) is 32.8 Å². The molecule has 25 heavy (non-hydrogen) atoms. The van der Waals surface area contributed by atoms with Gasteiger partial charge in [-0.3, -0.25) is 9.30 Å². The highest BCUT2D eigenvalue weighted by molar-refractivity contribution is 7.13. The molecule has 6 heteroatoms. The summed E-state index contributed by atoms with van der Waals surface area (Å²) >= 11 is 1.78. The maximum atomic E-state index is 5.47. The zero-order valence-corrected chi connectivity index (χ0v) is 14.8. The SMILES string of the molecule is c1csc(-c2cn3c4ccccc4nc3n2CCN2CCOCC2)c1. The van der Waals surface area contributed by atoms with E-state index >= 15 is 0 Å². The number of imidazole rings is 2. The van der Waals surface area contributed by atoms with Crippen molar-refractivity contribution in [1.82, 2.24) is 18.9 Å². The van der Waals surface area contributed by atoms with Crippen LogP contribution >= 0.6 is 11.3 Å². The van der Waals surface area contributed by atoms with E-state index in [4.69, 9.17) is 9.72 Å². The second-order valence-electron chi connectivity index (χ2n) is 6.37. The number of ether oxygens (including phenoxy) is 1. The van der Waals surface area contributed by atoms with E-state index in [2.05, 4.69) is 55.8 Å². The van der Waals surface area contributed by atoms with Gasteiger partial charge in [0.15, 0.2) is 0 Å². The number of para-hydroxylation sites is 2. The van der Waals surface area contributed by atoms with Gasteiger partial charge in [0.25, 0.3) is 0 Å². The van der Waals surface area contributed by atoms with Gasteiger partial charge in [0.05, 0.1) is 34.8 Å². The number of morpholine rings is 1. The first kappa shape index (κ1) is 15.1. The molecule has 128 valence electrons. The number of nitrogens with zero attached hydrogens (tertiary/aromatic N) is 4. The van der Waals surface area contributed by atoms with Gasteiger partial charge in [0.2, 0.25) is 5.78 Å². The van der Waals surface area contributed by atoms with Crippen LogP contribution in [0.3, 0.4) is 0 Å². The predicted molar refractivity (Wildman–Crippen MR) is 101 cm³/mol. The minimum Gasteiger partial charge on any atom is -0.379 e. The Bertz CT molecular complexity index is 995. The lowest BCUT2D eigenvalue weighted by atomic mass is 10.3. The Hall–Kier alpha value is -2.15. The van der Waals surface area contributed by atoms with E-state index in [0.29, 0.717) is 0 Å². The molecule has 0 spiro atoms. The van der Waals surface area contributed by atoms with Gasteiger partial charge in [-0.2, -0.15) is 0 Å². The van der Waals surface area contributed by atoms with Gasteiger partial charge in [-0.25, -0.2) is 4.98 Å². The Kier molecular flexibility index (Phi) is 3.81. The van der Waals surface area contributed by atoms with Gasteiger partial charge in [-0.1, -0.05) is 18.2 Å². The third-order valence-corrected chi connectivity index (χ3v) is 5.77. The lowest BCUT2D eigenvalue weighted by Crippen LogP contribution is -2.38. The smallest absolute Gasteiger partial charge is 0.215 e. The second kappa shape index (κ2) is 6.29. The summed E-state index contributed by atoms with van der Waals surface area (Å²) in [5.41, 5.74) is 3.47. The molecule has 1 aliphatic rings. The van der Waals surface area contributed by atoms with Gasteiger partial charge < -0.3 is 9.30 Å². The van der Waals surface area contributed by atoms with Crippen LogP contribution in [0.15, 0.2) is 48.0 Å². The van der Waals surface area contributed by atoms with E-state index in [1.807, 2.05) is 6.07 Å². The van der Waals surface area contributed by atoms with Crippen LogP contribution < -0.4 is 0 Å². The first-order valence-corrected chi connectivity index (χ1v) is 9.58. The van der Waals surface area contributed by atoms with Crippen molar-refractivity contribution < 1.29 is 4.74 Å². The minimum absolute atomic E-state index is 0.839. The van der Waals surface area contributed by atoms with Crippen molar-refractivity contribution in [1.29, 1.82) is 0 Å². The number of rotatable bonds is 4. The maximum absolute atomic E-state index is 5.47. The van der Waals surface area contributed by atoms with Gasteiger partial charge in [-0.15, -0.1) is 11.3 Å². The third kappa shape index (κ3) is 2.66. The maximum Gasteiger partial charge on any atom is 0.215 e. The van der Waals surface area contributed by atoms with Gasteiger partial charge in [0, 0.05) is 32.4 Å².